The number of allylic oxidation sites excluding steroid dienone is 2. The van der Waals surface area contributed by atoms with Crippen molar-refractivity contribution >= 4 is 11.0 Å². The van der Waals surface area contributed by atoms with E-state index in [4.69, 9.17) is 0 Å². The number of nitrogens with one attached hydrogen (secondary N) is 1. The fraction of sp³-hybridized carbons (Fsp3) is 0.450. The van der Waals surface area contributed by atoms with E-state index in [1.165, 1.54) is 18.2 Å². The number of benzene rings is 1. The third-order valence-electron chi connectivity index (χ3n) is 4.99. The maximum absolute atomic E-state index is 14.8. The highest BCUT2D eigenvalue weighted by molar-refractivity contribution is 5.74. The molecule has 3 N–H and O–H groups in total. The summed E-state index contributed by atoms with van der Waals surface area (Å²) in [6.45, 7) is 4.97. The molecule has 2 unspecified atom stereocenters. The summed E-state index contributed by atoms with van der Waals surface area (Å²) in [7, 11) is 0. The Kier molecular flexibility index (Phi) is 5.16. The minimum Gasteiger partial charge on any atom is -0.508 e. The van der Waals surface area contributed by atoms with Crippen molar-refractivity contribution in [3.8, 4) is 0 Å². The van der Waals surface area contributed by atoms with Gasteiger partial charge in [0, 0.05) is 25.0 Å². The molecule has 2 aromatic rings. The van der Waals surface area contributed by atoms with Crippen LogP contribution in [0.2, 0.25) is 0 Å². The van der Waals surface area contributed by atoms with Crippen LogP contribution in [-0.4, -0.2) is 43.6 Å². The number of alkyl halides is 1. The molecule has 140 valence electrons. The number of hydrogen-bond donors (Lipinski definition) is 3. The highest BCUT2D eigenvalue weighted by Crippen LogP contribution is 2.28. The van der Waals surface area contributed by atoms with Crippen molar-refractivity contribution in [2.45, 2.75) is 50.5 Å². The van der Waals surface area contributed by atoms with Gasteiger partial charge in [-0.1, -0.05) is 12.1 Å². The maximum Gasteiger partial charge on any atom is 0.160 e. The lowest BCUT2D eigenvalue weighted by Crippen LogP contribution is -2.50. The predicted molar refractivity (Wildman–Crippen MR) is 101 cm³/mol. The Morgan fingerprint density at radius 3 is 2.88 bits per heavy atom. The fourth-order valence-corrected chi connectivity index (χ4v) is 3.09. The van der Waals surface area contributed by atoms with Gasteiger partial charge in [0.05, 0.1) is 17.4 Å². The number of imidazole rings is 1. The van der Waals surface area contributed by atoms with E-state index < -0.39 is 11.8 Å². The Morgan fingerprint density at radius 1 is 1.38 bits per heavy atom. The first-order chi connectivity index (χ1) is 12.3. The van der Waals surface area contributed by atoms with Crippen LogP contribution >= 0.6 is 0 Å². The summed E-state index contributed by atoms with van der Waals surface area (Å²) in [6.07, 6.45) is 5.34. The third kappa shape index (κ3) is 4.14. The molecular weight excluding hydrogens is 333 g/mol. The monoisotopic (exact) mass is 359 g/mol. The van der Waals surface area contributed by atoms with Gasteiger partial charge in [-0.3, -0.25) is 0 Å². The molecule has 1 aromatic carbocycles. The van der Waals surface area contributed by atoms with E-state index in [-0.39, 0.29) is 24.3 Å². The number of rotatable bonds is 7. The van der Waals surface area contributed by atoms with Crippen molar-refractivity contribution in [3.63, 3.8) is 0 Å². The number of halogens is 1. The van der Waals surface area contributed by atoms with E-state index in [9.17, 15) is 14.6 Å². The molecule has 0 aliphatic heterocycles. The molecule has 1 heterocycles. The molecule has 1 aromatic heterocycles. The van der Waals surface area contributed by atoms with Gasteiger partial charge in [-0.2, -0.15) is 0 Å². The molecule has 0 radical (unpaired) electrons. The van der Waals surface area contributed by atoms with Crippen molar-refractivity contribution in [2.24, 2.45) is 0 Å². The zero-order valence-corrected chi connectivity index (χ0v) is 15.2. The highest BCUT2D eigenvalue weighted by atomic mass is 19.1. The largest absolute Gasteiger partial charge is 0.508 e. The average Bonchev–Trinajstić information content (AvgIpc) is 3.04. The van der Waals surface area contributed by atoms with Gasteiger partial charge in [-0.05, 0) is 50.6 Å². The van der Waals surface area contributed by atoms with Gasteiger partial charge in [0.1, 0.15) is 11.9 Å². The van der Waals surface area contributed by atoms with Gasteiger partial charge in [-0.15, -0.1) is 0 Å². The quantitative estimate of drug-likeness (QED) is 0.710. The summed E-state index contributed by atoms with van der Waals surface area (Å²) in [5, 5.41) is 22.8. The topological polar surface area (TPSA) is 70.3 Å². The van der Waals surface area contributed by atoms with E-state index in [1.54, 1.807) is 0 Å². The predicted octanol–water partition coefficient (Wildman–Crippen LogP) is 3.27. The second-order valence-electron chi connectivity index (χ2n) is 7.55. The molecule has 26 heavy (non-hydrogen) atoms. The highest BCUT2D eigenvalue weighted by Gasteiger charge is 2.37. The maximum atomic E-state index is 14.8. The Hall–Kier alpha value is -2.18. The van der Waals surface area contributed by atoms with Crippen molar-refractivity contribution in [2.75, 3.05) is 6.54 Å². The van der Waals surface area contributed by atoms with E-state index in [2.05, 4.69) is 14.9 Å². The molecule has 1 aliphatic rings. The van der Waals surface area contributed by atoms with Crippen LogP contribution < -0.4 is 5.32 Å². The first-order valence-corrected chi connectivity index (χ1v) is 8.89. The zero-order valence-electron chi connectivity index (χ0n) is 15.2. The van der Waals surface area contributed by atoms with Crippen LogP contribution in [0.4, 0.5) is 4.39 Å². The Bertz CT molecular complexity index is 827. The summed E-state index contributed by atoms with van der Waals surface area (Å²) in [6, 6.07) is 7.98. The van der Waals surface area contributed by atoms with Crippen LogP contribution in [0.3, 0.4) is 0 Å². The lowest BCUT2D eigenvalue weighted by atomic mass is 9.90. The number of para-hydroxylation sites is 2. The number of nitrogens with zero attached hydrogens (tertiary/aromatic N) is 2. The lowest BCUT2D eigenvalue weighted by molar-refractivity contribution is 0.0210. The summed E-state index contributed by atoms with van der Waals surface area (Å²) in [5.41, 5.74) is -0.0759. The molecule has 3 rings (SSSR count). The van der Waals surface area contributed by atoms with E-state index in [1.807, 2.05) is 44.4 Å². The van der Waals surface area contributed by atoms with Gasteiger partial charge in [0.15, 0.2) is 5.67 Å². The summed E-state index contributed by atoms with van der Waals surface area (Å²) in [4.78, 5) is 4.39. The van der Waals surface area contributed by atoms with Crippen LogP contribution in [-0.2, 0) is 6.54 Å². The molecule has 1 aliphatic carbocycles. The van der Waals surface area contributed by atoms with E-state index >= 15 is 0 Å². The van der Waals surface area contributed by atoms with Gasteiger partial charge in [-0.25, -0.2) is 9.37 Å². The van der Waals surface area contributed by atoms with E-state index in [0.29, 0.717) is 0 Å². The number of aliphatic hydroxyl groups is 2. The lowest BCUT2D eigenvalue weighted by Gasteiger charge is -2.33. The SMILES string of the molecule is CC(C)(CCn1cnc2ccccc21)NCC(O)C1(F)C=CC(O)=CC1. The molecule has 0 bridgehead atoms. The van der Waals surface area contributed by atoms with Crippen molar-refractivity contribution in [1.29, 1.82) is 0 Å². The number of aryl methyl sites for hydroxylation is 1. The number of β-amino-alcohol motifs (C(OH)–C–C–N with tert-alkyl or cyclic N) is 1. The Balaban J connectivity index is 1.55. The standard InChI is InChI=1S/C20H26FN3O2/c1-19(2,11-12-24-14-22-16-5-3-4-6-17(16)24)23-13-18(26)20(21)9-7-15(25)8-10-20/h3-9,14,18,23,25-26H,10-13H2,1-2H3. The number of aromatic nitrogens is 2. The summed E-state index contributed by atoms with van der Waals surface area (Å²) < 4.78 is 16.9. The third-order valence-corrected chi connectivity index (χ3v) is 4.99. The first kappa shape index (κ1) is 18.6. The minimum atomic E-state index is -1.85. The van der Waals surface area contributed by atoms with Gasteiger partial charge in [0.2, 0.25) is 0 Å². The van der Waals surface area contributed by atoms with Crippen molar-refractivity contribution in [1.82, 2.24) is 14.9 Å². The van der Waals surface area contributed by atoms with Gasteiger partial charge >= 0.3 is 0 Å². The molecule has 0 fully saturated rings. The molecule has 5 nitrogen and oxygen atoms in total. The van der Waals surface area contributed by atoms with Crippen LogP contribution in [0.15, 0.2) is 54.6 Å². The van der Waals surface area contributed by atoms with Crippen LogP contribution in [0.25, 0.3) is 11.0 Å². The van der Waals surface area contributed by atoms with Gasteiger partial charge < -0.3 is 20.1 Å². The zero-order chi connectivity index (χ0) is 18.8. The minimum absolute atomic E-state index is 0.0281. The van der Waals surface area contributed by atoms with Crippen molar-refractivity contribution in [3.05, 3.63) is 54.6 Å². The molecule has 0 spiro atoms. The van der Waals surface area contributed by atoms with E-state index in [0.717, 1.165) is 24.0 Å². The average molecular weight is 359 g/mol. The molecule has 0 saturated heterocycles. The normalized spacial score (nSPS) is 21.8. The number of aliphatic hydroxyl groups excluding tert-OH is 2. The smallest absolute Gasteiger partial charge is 0.160 e. The fourth-order valence-electron chi connectivity index (χ4n) is 3.09. The molecule has 2 atom stereocenters. The molecule has 0 saturated carbocycles. The summed E-state index contributed by atoms with van der Waals surface area (Å²) in [5.74, 6) is 0.0336. The summed E-state index contributed by atoms with van der Waals surface area (Å²) >= 11 is 0. The molecule has 0 amide bonds. The second kappa shape index (κ2) is 7.21. The van der Waals surface area contributed by atoms with Crippen molar-refractivity contribution < 1.29 is 14.6 Å². The molecular formula is C20H26FN3O2. The molecule has 6 heteroatoms. The number of fused-ring (bicyclic) bond motifs is 1. The first-order valence-electron chi connectivity index (χ1n) is 8.89. The Labute approximate surface area is 152 Å². The second-order valence-corrected chi connectivity index (χ2v) is 7.55. The van der Waals surface area contributed by atoms with Gasteiger partial charge in [0.25, 0.3) is 0 Å². The van der Waals surface area contributed by atoms with Crippen LogP contribution in [0.1, 0.15) is 26.7 Å². The Morgan fingerprint density at radius 2 is 2.15 bits per heavy atom. The number of hydrogen-bond acceptors (Lipinski definition) is 4. The van der Waals surface area contributed by atoms with Crippen LogP contribution in [0.5, 0.6) is 0 Å². The van der Waals surface area contributed by atoms with Crippen LogP contribution in [0, 0.1) is 0 Å².